The zero-order valence-corrected chi connectivity index (χ0v) is 35.8. The average molecular weight is 944 g/mol. The molecule has 2 aliphatic heterocycles. The molecule has 2 aromatic carbocycles. The number of aromatic nitrogens is 1. The third-order valence-electron chi connectivity index (χ3n) is 11.1. The molecule has 16 nitrogen and oxygen atoms in total. The van der Waals surface area contributed by atoms with Crippen LogP contribution in [0.15, 0.2) is 64.7 Å². The first kappa shape index (κ1) is 51.1. The minimum absolute atomic E-state index is 0. The van der Waals surface area contributed by atoms with Gasteiger partial charge in [0.15, 0.2) is 0 Å². The van der Waals surface area contributed by atoms with E-state index < -0.39 is 89.0 Å². The summed E-state index contributed by atoms with van der Waals surface area (Å²) >= 11 is 0. The van der Waals surface area contributed by atoms with Gasteiger partial charge in [0.05, 0.1) is 6.20 Å². The Kier molecular flexibility index (Phi) is 14.8. The van der Waals surface area contributed by atoms with Crippen LogP contribution in [0.2, 0.25) is 0 Å². The normalized spacial score (nSPS) is 26.7. The lowest BCUT2D eigenvalue weighted by molar-refractivity contribution is 0.0557. The van der Waals surface area contributed by atoms with Crippen LogP contribution in [0.25, 0.3) is 0 Å². The van der Waals surface area contributed by atoms with Gasteiger partial charge in [0.25, 0.3) is 5.91 Å². The predicted octanol–water partition coefficient (Wildman–Crippen LogP) is 6.21. The molecular weight excluding hydrogens is 890 g/mol. The second kappa shape index (κ2) is 18.5. The van der Waals surface area contributed by atoms with Crippen LogP contribution in [-0.2, 0) is 35.9 Å². The van der Waals surface area contributed by atoms with Crippen LogP contribution in [0.1, 0.15) is 95.8 Å². The van der Waals surface area contributed by atoms with Crippen molar-refractivity contribution in [2.45, 2.75) is 114 Å². The number of alkyl halides is 2. The van der Waals surface area contributed by atoms with Gasteiger partial charge in [-0.3, -0.25) is 10.1 Å². The number of hydrogen-bond donors (Lipinski definition) is 4. The molecule has 2 saturated carbocycles. The Balaban J connectivity index is 0.000000273. The largest absolute Gasteiger partial charge is 0.444 e. The molecule has 3 aromatic rings. The van der Waals surface area contributed by atoms with Gasteiger partial charge >= 0.3 is 6.09 Å². The van der Waals surface area contributed by atoms with Gasteiger partial charge in [-0.2, -0.15) is 0 Å². The first-order valence-corrected chi connectivity index (χ1v) is 22.3. The van der Waals surface area contributed by atoms with E-state index in [0.717, 1.165) is 33.0 Å². The highest BCUT2D eigenvalue weighted by molar-refractivity contribution is 7.90. The average Bonchev–Trinajstić information content (AvgIpc) is 3.18. The van der Waals surface area contributed by atoms with Crippen LogP contribution in [0, 0.1) is 17.5 Å². The molecule has 3 heterocycles. The number of fused-ring (bicyclic) bond motifs is 2. The summed E-state index contributed by atoms with van der Waals surface area (Å²) in [5.74, 6) is -3.41. The highest BCUT2D eigenvalue weighted by Crippen LogP contribution is 2.50. The number of nitrogen functional groups attached to an aromatic ring is 1. The van der Waals surface area contributed by atoms with E-state index in [1.807, 2.05) is 0 Å². The monoisotopic (exact) mass is 943 g/mol. The molecule has 0 radical (unpaired) electrons. The van der Waals surface area contributed by atoms with Crippen molar-refractivity contribution in [3.8, 4) is 0 Å². The fraction of sp³-hybridized carbons (Fsp3) is 0.488. The molecule has 2 aliphatic carbocycles. The summed E-state index contributed by atoms with van der Waals surface area (Å²) in [5.41, 5.74) is 7.70. The molecule has 64 heavy (non-hydrogen) atoms. The van der Waals surface area contributed by atoms with Crippen molar-refractivity contribution < 1.29 is 53.1 Å². The Morgan fingerprint density at radius 3 is 1.86 bits per heavy atom. The molecule has 1 aromatic heterocycles. The second-order valence-corrected chi connectivity index (χ2v) is 20.7. The number of rotatable bonds is 4. The van der Waals surface area contributed by atoms with E-state index in [4.69, 9.17) is 16.2 Å². The van der Waals surface area contributed by atoms with Crippen LogP contribution in [-0.4, -0.2) is 96.9 Å². The first-order chi connectivity index (χ1) is 28.8. The van der Waals surface area contributed by atoms with E-state index in [9.17, 15) is 44.0 Å². The fourth-order valence-electron chi connectivity index (χ4n) is 8.08. The Morgan fingerprint density at radius 1 is 0.781 bits per heavy atom. The van der Waals surface area contributed by atoms with Gasteiger partial charge in [0.2, 0.25) is 32.0 Å². The zero-order chi connectivity index (χ0) is 45.7. The maximum atomic E-state index is 15.0. The number of nitrogens with one attached hydrogen (secondary N) is 2. The van der Waals surface area contributed by atoms with Crippen LogP contribution >= 0.6 is 0 Å². The van der Waals surface area contributed by atoms with Crippen molar-refractivity contribution in [2.24, 2.45) is 15.7 Å². The smallest absolute Gasteiger partial charge is 0.414 e. The number of benzene rings is 2. The number of anilines is 2. The number of pyridine rings is 1. The number of carbonyl (C=O) groups excluding carboxylic acids is 2. The van der Waals surface area contributed by atoms with E-state index in [1.54, 1.807) is 20.8 Å². The minimum atomic E-state index is -4.19. The lowest BCUT2D eigenvalue weighted by Gasteiger charge is -2.47. The molecule has 23 heteroatoms. The van der Waals surface area contributed by atoms with Crippen molar-refractivity contribution in [3.63, 3.8) is 0 Å². The van der Waals surface area contributed by atoms with Crippen molar-refractivity contribution >= 4 is 55.3 Å². The molecule has 2 fully saturated rings. The molecule has 2 amide bonds. The molecule has 0 saturated heterocycles. The van der Waals surface area contributed by atoms with Crippen molar-refractivity contribution in [3.05, 3.63) is 89.0 Å². The number of ether oxygens (including phenoxy) is 1. The molecule has 6 unspecified atom stereocenters. The van der Waals surface area contributed by atoms with Gasteiger partial charge in [0.1, 0.15) is 62.7 Å². The Bertz CT molecular complexity index is 2550. The molecule has 6 N–H and O–H groups in total. The van der Waals surface area contributed by atoms with Gasteiger partial charge < -0.3 is 21.5 Å². The van der Waals surface area contributed by atoms with E-state index in [0.29, 0.717) is 0 Å². The summed E-state index contributed by atoms with van der Waals surface area (Å²) in [4.78, 5) is 37.2. The van der Waals surface area contributed by atoms with Gasteiger partial charge in [-0.25, -0.2) is 67.2 Å². The Hall–Kier alpha value is -5.58. The maximum Gasteiger partial charge on any atom is 0.414 e. The Labute approximate surface area is 369 Å². The molecular formula is C41H54F5N9O7S2. The lowest BCUT2D eigenvalue weighted by atomic mass is 9.75. The third-order valence-corrected chi connectivity index (χ3v) is 15.6. The fourth-order valence-corrected chi connectivity index (χ4v) is 12.0. The number of sulfonamides is 2. The molecule has 4 aliphatic rings. The number of guanidine groups is 2. The molecule has 7 rings (SSSR count). The number of amides is 2. The van der Waals surface area contributed by atoms with Crippen LogP contribution in [0.3, 0.4) is 0 Å². The summed E-state index contributed by atoms with van der Waals surface area (Å²) in [6, 6.07) is 9.64. The van der Waals surface area contributed by atoms with Crippen molar-refractivity contribution in [1.29, 1.82) is 0 Å². The second-order valence-electron chi connectivity index (χ2n) is 16.4. The number of nitrogens with two attached hydrogens (primary N) is 2. The standard InChI is InChI=1S/C20H20F3N5O3S.C19H26F2N4O4S.2CH4/c1-28-19(24)27-20(7-6-11(21)8-17(20)32(28,30)31)14-9-13(3-4-15(14)23)26-18(29)16-5-2-12(22)10-25-16;1-18(2,3)29-17(26)23-16-24-19(13-10-12(22)5-6-14(13)21)8-7-11(20)9-15(19)30(27,28)25(16)4;;/h2-5,9-11,17H,6-8H2,1H3,(H2,24,27)(H,26,29);5-6,10-11,15H,7-9,22H2,1-4H3,(H,23,24,26);2*1H4. The lowest BCUT2D eigenvalue weighted by Crippen LogP contribution is -2.61. The van der Waals surface area contributed by atoms with E-state index in [2.05, 4.69) is 25.6 Å². The predicted molar refractivity (Wildman–Crippen MR) is 233 cm³/mol. The first-order valence-electron chi connectivity index (χ1n) is 19.3. The quantitative estimate of drug-likeness (QED) is 0.171. The number of carbonyl (C=O) groups is 2. The summed E-state index contributed by atoms with van der Waals surface area (Å²) in [5, 5.41) is 2.15. The zero-order valence-electron chi connectivity index (χ0n) is 34.2. The van der Waals surface area contributed by atoms with Gasteiger partial charge in [-0.15, -0.1) is 0 Å². The highest BCUT2D eigenvalue weighted by atomic mass is 32.2. The number of aliphatic imine (C=N–C) groups is 2. The summed E-state index contributed by atoms with van der Waals surface area (Å²) in [6.45, 7) is 4.95. The van der Waals surface area contributed by atoms with Gasteiger partial charge in [0, 0.05) is 36.6 Å². The molecule has 6 atom stereocenters. The third kappa shape index (κ3) is 9.73. The van der Waals surface area contributed by atoms with Crippen LogP contribution in [0.5, 0.6) is 0 Å². The van der Waals surface area contributed by atoms with Crippen LogP contribution in [0.4, 0.5) is 38.1 Å². The van der Waals surface area contributed by atoms with E-state index in [-0.39, 0.29) is 93.5 Å². The van der Waals surface area contributed by atoms with Crippen LogP contribution < -0.4 is 22.1 Å². The number of halogens is 5. The summed E-state index contributed by atoms with van der Waals surface area (Å²) in [7, 11) is -5.89. The minimum Gasteiger partial charge on any atom is -0.444 e. The Morgan fingerprint density at radius 2 is 1.31 bits per heavy atom. The van der Waals surface area contributed by atoms with Gasteiger partial charge in [-0.05, 0) is 108 Å². The van der Waals surface area contributed by atoms with E-state index >= 15 is 4.39 Å². The topological polar surface area (TPSA) is 232 Å². The van der Waals surface area contributed by atoms with Crippen molar-refractivity contribution in [2.75, 3.05) is 25.1 Å². The SMILES string of the molecule is C.C.CN1C(N)=NC2(c3cc(NC(=O)c4ccc(F)cn4)ccc3F)CCC(F)CC2S1(=O)=O.CN1C(NC(=O)OC(C)(C)C)=NC2(c3cc(N)ccc3F)CCC(F)CC2S1(=O)=O. The maximum absolute atomic E-state index is 15.0. The summed E-state index contributed by atoms with van der Waals surface area (Å²) in [6.07, 6.45) is -3.67. The molecule has 0 spiro atoms. The number of hydrogen-bond acceptors (Lipinski definition) is 12. The summed E-state index contributed by atoms with van der Waals surface area (Å²) < 4.78 is 131. The number of nitrogens with zero attached hydrogens (tertiary/aromatic N) is 5. The highest BCUT2D eigenvalue weighted by Gasteiger charge is 2.59. The number of alkyl carbamates (subject to hydrolysis) is 1. The molecule has 0 bridgehead atoms. The van der Waals surface area contributed by atoms with Gasteiger partial charge in [-0.1, -0.05) is 14.9 Å². The molecule has 352 valence electrons. The van der Waals surface area contributed by atoms with Crippen molar-refractivity contribution in [1.82, 2.24) is 18.9 Å². The van der Waals surface area contributed by atoms with E-state index in [1.165, 1.54) is 44.4 Å².